The zero-order valence-electron chi connectivity index (χ0n) is 13.7. The number of benzene rings is 1. The predicted molar refractivity (Wildman–Crippen MR) is 90.3 cm³/mol. The minimum Gasteiger partial charge on any atom is -0.394 e. The molecule has 5 heteroatoms. The first-order chi connectivity index (χ1) is 11.7. The maximum atomic E-state index is 13.2. The number of hydrogen-bond acceptors (Lipinski definition) is 4. The van der Waals surface area contributed by atoms with Crippen LogP contribution in [-0.4, -0.2) is 45.1 Å². The summed E-state index contributed by atoms with van der Waals surface area (Å²) in [6.45, 7) is 2.75. The molecule has 1 saturated heterocycles. The summed E-state index contributed by atoms with van der Waals surface area (Å²) >= 11 is 0. The zero-order valence-corrected chi connectivity index (χ0v) is 13.7. The topological polar surface area (TPSA) is 66.3 Å². The Kier molecular flexibility index (Phi) is 3.81. The molecule has 0 unspecified atom stereocenters. The molecule has 2 fully saturated rings. The van der Waals surface area contributed by atoms with Crippen LogP contribution in [0.5, 0.6) is 0 Å². The Morgan fingerprint density at radius 1 is 1.25 bits per heavy atom. The van der Waals surface area contributed by atoms with Gasteiger partial charge in [-0.25, -0.2) is 9.97 Å². The SMILES string of the molecule is Cc1ccc(-c2ncccn2)c(C(=O)N2C[C@@H]3C[C@@H]3C[C@H]2CO)c1. The minimum absolute atomic E-state index is 0.0226. The molecule has 24 heavy (non-hydrogen) atoms. The van der Waals surface area contributed by atoms with Gasteiger partial charge in [-0.15, -0.1) is 0 Å². The molecule has 5 nitrogen and oxygen atoms in total. The standard InChI is InChI=1S/C19H21N3O2/c1-12-3-4-16(18-20-5-2-6-21-18)17(7-12)19(24)22-10-14-8-13(14)9-15(22)11-23/h2-7,13-15,23H,8-11H2,1H3/t13-,14+,15+/m1/s1. The molecule has 1 amide bonds. The van der Waals surface area contributed by atoms with Gasteiger partial charge in [0.15, 0.2) is 5.82 Å². The zero-order chi connectivity index (χ0) is 16.7. The number of carbonyl (C=O) groups is 1. The van der Waals surface area contributed by atoms with Crippen LogP contribution in [0.4, 0.5) is 0 Å². The third kappa shape index (κ3) is 2.69. The van der Waals surface area contributed by atoms with Crippen molar-refractivity contribution in [1.82, 2.24) is 14.9 Å². The van der Waals surface area contributed by atoms with Gasteiger partial charge in [-0.2, -0.15) is 0 Å². The highest BCUT2D eigenvalue weighted by atomic mass is 16.3. The summed E-state index contributed by atoms with van der Waals surface area (Å²) in [6, 6.07) is 7.47. The van der Waals surface area contributed by atoms with Crippen LogP contribution >= 0.6 is 0 Å². The summed E-state index contributed by atoms with van der Waals surface area (Å²) in [5, 5.41) is 9.72. The summed E-state index contributed by atoms with van der Waals surface area (Å²) in [4.78, 5) is 23.7. The Balaban J connectivity index is 1.72. The Hall–Kier alpha value is -2.27. The van der Waals surface area contributed by atoms with Gasteiger partial charge in [-0.1, -0.05) is 17.7 Å². The highest BCUT2D eigenvalue weighted by molar-refractivity contribution is 6.00. The number of aliphatic hydroxyl groups is 1. The maximum absolute atomic E-state index is 13.2. The molecule has 0 radical (unpaired) electrons. The van der Waals surface area contributed by atoms with E-state index in [0.29, 0.717) is 23.2 Å². The fraction of sp³-hybridized carbons (Fsp3) is 0.421. The van der Waals surface area contributed by atoms with Crippen molar-refractivity contribution < 1.29 is 9.90 Å². The summed E-state index contributed by atoms with van der Waals surface area (Å²) in [5.74, 6) is 1.84. The van der Waals surface area contributed by atoms with Gasteiger partial charge in [0.25, 0.3) is 5.91 Å². The number of piperidine rings is 1. The van der Waals surface area contributed by atoms with E-state index in [4.69, 9.17) is 0 Å². The molecule has 1 aromatic heterocycles. The van der Waals surface area contributed by atoms with E-state index in [-0.39, 0.29) is 18.6 Å². The molecule has 2 aromatic rings. The van der Waals surface area contributed by atoms with Crippen molar-refractivity contribution in [3.05, 3.63) is 47.8 Å². The van der Waals surface area contributed by atoms with Crippen molar-refractivity contribution in [2.45, 2.75) is 25.8 Å². The largest absolute Gasteiger partial charge is 0.394 e. The molecule has 3 atom stereocenters. The number of nitrogens with zero attached hydrogens (tertiary/aromatic N) is 3. The second-order valence-electron chi connectivity index (χ2n) is 6.91. The van der Waals surface area contributed by atoms with Crippen molar-refractivity contribution in [2.24, 2.45) is 11.8 Å². The molecule has 2 aliphatic rings. The number of aromatic nitrogens is 2. The summed E-state index contributed by atoms with van der Waals surface area (Å²) in [6.07, 6.45) is 5.46. The molecule has 124 valence electrons. The van der Waals surface area contributed by atoms with E-state index in [2.05, 4.69) is 9.97 Å². The van der Waals surface area contributed by atoms with Crippen LogP contribution in [0.15, 0.2) is 36.7 Å². The van der Waals surface area contributed by atoms with E-state index in [9.17, 15) is 9.90 Å². The molecule has 1 N–H and O–H groups in total. The third-order valence-corrected chi connectivity index (χ3v) is 5.20. The van der Waals surface area contributed by atoms with E-state index in [1.165, 1.54) is 6.42 Å². The van der Waals surface area contributed by atoms with Crippen molar-refractivity contribution in [1.29, 1.82) is 0 Å². The Bertz CT molecular complexity index is 762. The number of likely N-dealkylation sites (tertiary alicyclic amines) is 1. The monoisotopic (exact) mass is 323 g/mol. The first-order valence-electron chi connectivity index (χ1n) is 8.47. The molecule has 0 spiro atoms. The lowest BCUT2D eigenvalue weighted by Gasteiger charge is -2.34. The molecule has 0 bridgehead atoms. The number of aryl methyl sites for hydroxylation is 1. The number of carbonyl (C=O) groups excluding carboxylic acids is 1. The van der Waals surface area contributed by atoms with E-state index >= 15 is 0 Å². The Morgan fingerprint density at radius 2 is 2.04 bits per heavy atom. The summed E-state index contributed by atoms with van der Waals surface area (Å²) in [5.41, 5.74) is 2.40. The van der Waals surface area contributed by atoms with E-state index in [1.54, 1.807) is 18.5 Å². The average Bonchev–Trinajstić information content (AvgIpc) is 3.39. The highest BCUT2D eigenvalue weighted by Crippen LogP contribution is 2.47. The van der Waals surface area contributed by atoms with Crippen molar-refractivity contribution in [3.8, 4) is 11.4 Å². The second-order valence-corrected chi connectivity index (χ2v) is 6.91. The van der Waals surface area contributed by atoms with Crippen LogP contribution < -0.4 is 0 Å². The Morgan fingerprint density at radius 3 is 2.79 bits per heavy atom. The fourth-order valence-electron chi connectivity index (χ4n) is 3.75. The van der Waals surface area contributed by atoms with Gasteiger partial charge in [0.1, 0.15) is 0 Å². The van der Waals surface area contributed by atoms with Gasteiger partial charge in [0.05, 0.1) is 18.2 Å². The first kappa shape index (κ1) is 15.3. The molecule has 1 aliphatic heterocycles. The van der Waals surface area contributed by atoms with Crippen LogP contribution in [0.25, 0.3) is 11.4 Å². The van der Waals surface area contributed by atoms with Gasteiger partial charge >= 0.3 is 0 Å². The third-order valence-electron chi connectivity index (χ3n) is 5.20. The van der Waals surface area contributed by atoms with Crippen LogP contribution in [-0.2, 0) is 0 Å². The van der Waals surface area contributed by atoms with Gasteiger partial charge in [0, 0.05) is 24.5 Å². The van der Waals surface area contributed by atoms with Crippen molar-refractivity contribution in [3.63, 3.8) is 0 Å². The number of hydrogen-bond donors (Lipinski definition) is 1. The molecular formula is C19H21N3O2. The van der Waals surface area contributed by atoms with E-state index in [0.717, 1.165) is 24.1 Å². The molecule has 1 saturated carbocycles. The second kappa shape index (κ2) is 5.98. The first-order valence-corrected chi connectivity index (χ1v) is 8.47. The predicted octanol–water partition coefficient (Wildman–Crippen LogP) is 2.29. The number of amides is 1. The molecule has 4 rings (SSSR count). The lowest BCUT2D eigenvalue weighted by atomic mass is 9.98. The highest BCUT2D eigenvalue weighted by Gasteiger charge is 2.47. The maximum Gasteiger partial charge on any atom is 0.254 e. The molecular weight excluding hydrogens is 302 g/mol. The van der Waals surface area contributed by atoms with Crippen molar-refractivity contribution >= 4 is 5.91 Å². The van der Waals surface area contributed by atoms with Gasteiger partial charge < -0.3 is 10.0 Å². The van der Waals surface area contributed by atoms with Crippen molar-refractivity contribution in [2.75, 3.05) is 13.2 Å². The summed E-state index contributed by atoms with van der Waals surface area (Å²) < 4.78 is 0. The Labute approximate surface area is 141 Å². The number of rotatable bonds is 3. The minimum atomic E-state index is -0.0775. The normalized spacial score (nSPS) is 25.2. The van der Waals surface area contributed by atoms with Gasteiger partial charge in [-0.05, 0) is 43.7 Å². The van der Waals surface area contributed by atoms with Crippen LogP contribution in [0.3, 0.4) is 0 Å². The smallest absolute Gasteiger partial charge is 0.254 e. The van der Waals surface area contributed by atoms with Gasteiger partial charge in [-0.3, -0.25) is 4.79 Å². The van der Waals surface area contributed by atoms with Crippen LogP contribution in [0.2, 0.25) is 0 Å². The summed E-state index contributed by atoms with van der Waals surface area (Å²) in [7, 11) is 0. The van der Waals surface area contributed by atoms with Crippen LogP contribution in [0.1, 0.15) is 28.8 Å². The fourth-order valence-corrected chi connectivity index (χ4v) is 3.75. The van der Waals surface area contributed by atoms with E-state index < -0.39 is 0 Å². The van der Waals surface area contributed by atoms with E-state index in [1.807, 2.05) is 30.0 Å². The quantitative estimate of drug-likeness (QED) is 0.941. The van der Waals surface area contributed by atoms with Crippen LogP contribution in [0, 0.1) is 18.8 Å². The molecule has 1 aliphatic carbocycles. The molecule has 2 heterocycles. The average molecular weight is 323 g/mol. The number of aliphatic hydroxyl groups excluding tert-OH is 1. The number of fused-ring (bicyclic) bond motifs is 1. The lowest BCUT2D eigenvalue weighted by Crippen LogP contribution is -2.46. The van der Waals surface area contributed by atoms with Gasteiger partial charge in [0.2, 0.25) is 0 Å². The molecule has 1 aromatic carbocycles. The lowest BCUT2D eigenvalue weighted by molar-refractivity contribution is 0.0487.